The van der Waals surface area contributed by atoms with Crippen molar-refractivity contribution in [1.82, 2.24) is 4.98 Å². The first kappa shape index (κ1) is 32.0. The molecular weight excluding hydrogens is 446 g/mol. The maximum absolute atomic E-state index is 3.56. The van der Waals surface area contributed by atoms with Crippen LogP contribution in [0.4, 0.5) is 0 Å². The number of benzene rings is 1. The summed E-state index contributed by atoms with van der Waals surface area (Å²) in [5, 5.41) is 1.35. The quantitative estimate of drug-likeness (QED) is 0.115. The molecule has 0 unspecified atom stereocenters. The van der Waals surface area contributed by atoms with Gasteiger partial charge in [0.2, 0.25) is 0 Å². The number of rotatable bonds is 27. The molecule has 0 aliphatic rings. The molecule has 0 amide bonds. The Balaban J connectivity index is 1.20. The molecule has 1 heteroatoms. The average molecular weight is 510 g/mol. The largest absolute Gasteiger partial charge is 0.358 e. The molecule has 0 saturated heterocycles. The highest BCUT2D eigenvalue weighted by Gasteiger charge is 2.00. The number of aromatic nitrogens is 1. The third kappa shape index (κ3) is 17.8. The highest BCUT2D eigenvalue weighted by atomic mass is 14.7. The number of hydrogen-bond acceptors (Lipinski definition) is 0. The molecule has 0 bridgehead atoms. The highest BCUT2D eigenvalue weighted by Crippen LogP contribution is 2.18. The molecule has 0 atom stereocenters. The maximum Gasteiger partial charge on any atom is 0.0456 e. The molecule has 0 radical (unpaired) electrons. The Morgan fingerprint density at radius 2 is 0.784 bits per heavy atom. The summed E-state index contributed by atoms with van der Waals surface area (Å²) in [5.74, 6) is 0. The molecule has 1 aromatic carbocycles. The first-order valence-corrected chi connectivity index (χ1v) is 17.0. The summed E-state index contributed by atoms with van der Waals surface area (Å²) < 4.78 is 0. The van der Waals surface area contributed by atoms with Crippen LogP contribution in [0.15, 0.2) is 30.3 Å². The van der Waals surface area contributed by atoms with Crippen LogP contribution in [0.5, 0.6) is 0 Å². The number of unbranched alkanes of at least 4 members (excludes halogenated alkanes) is 25. The number of hydrogen-bond donors (Lipinski definition) is 1. The fourth-order valence-corrected chi connectivity index (χ4v) is 5.90. The Hall–Kier alpha value is -1.24. The van der Waals surface area contributed by atoms with Gasteiger partial charge < -0.3 is 4.98 Å². The Kier molecular flexibility index (Phi) is 20.6. The van der Waals surface area contributed by atoms with Crippen LogP contribution in [0, 0.1) is 0 Å². The number of para-hydroxylation sites is 1. The van der Waals surface area contributed by atoms with Crippen LogP contribution in [-0.2, 0) is 6.42 Å². The molecular formula is C36H63N. The minimum atomic E-state index is 1.20. The Morgan fingerprint density at radius 1 is 0.432 bits per heavy atom. The standard InChI is InChI=1S/C36H63N/c1-2-3-4-5-6-7-8-9-10-11-12-13-14-15-16-17-18-19-20-21-22-23-24-25-26-27-31-35-33-34-30-28-29-32-36(34)37-35/h28-30,32-33,37H,2-27,31H2,1H3. The van der Waals surface area contributed by atoms with Crippen molar-refractivity contribution in [2.45, 2.75) is 180 Å². The maximum atomic E-state index is 3.56. The van der Waals surface area contributed by atoms with E-state index in [1.165, 1.54) is 190 Å². The number of nitrogens with one attached hydrogen (secondary N) is 1. The summed E-state index contributed by atoms with van der Waals surface area (Å²) in [6.45, 7) is 2.31. The van der Waals surface area contributed by atoms with Gasteiger partial charge in [0, 0.05) is 11.2 Å². The second-order valence-corrected chi connectivity index (χ2v) is 12.0. The molecule has 0 aliphatic heterocycles. The van der Waals surface area contributed by atoms with Gasteiger partial charge in [-0.25, -0.2) is 0 Å². The molecule has 1 aromatic heterocycles. The summed E-state index contributed by atoms with van der Waals surface area (Å²) >= 11 is 0. The monoisotopic (exact) mass is 509 g/mol. The van der Waals surface area contributed by atoms with Gasteiger partial charge in [0.05, 0.1) is 0 Å². The van der Waals surface area contributed by atoms with E-state index in [2.05, 4.69) is 42.2 Å². The topological polar surface area (TPSA) is 15.8 Å². The highest BCUT2D eigenvalue weighted by molar-refractivity contribution is 5.80. The SMILES string of the molecule is CCCCCCCCCCCCCCCCCCCCCCCCCCCCc1cc2ccccc2[nH]1. The van der Waals surface area contributed by atoms with Crippen LogP contribution in [-0.4, -0.2) is 4.98 Å². The smallest absolute Gasteiger partial charge is 0.0456 e. The van der Waals surface area contributed by atoms with Gasteiger partial charge in [-0.05, 0) is 30.4 Å². The lowest BCUT2D eigenvalue weighted by molar-refractivity contribution is 0.515. The minimum absolute atomic E-state index is 1.20. The van der Waals surface area contributed by atoms with Crippen LogP contribution in [0.3, 0.4) is 0 Å². The van der Waals surface area contributed by atoms with Crippen molar-refractivity contribution in [2.24, 2.45) is 0 Å². The normalized spacial score (nSPS) is 11.6. The van der Waals surface area contributed by atoms with Gasteiger partial charge in [-0.15, -0.1) is 0 Å². The molecule has 0 saturated carbocycles. The van der Waals surface area contributed by atoms with Gasteiger partial charge in [-0.1, -0.05) is 186 Å². The van der Waals surface area contributed by atoms with E-state index in [9.17, 15) is 0 Å². The Labute approximate surface area is 232 Å². The van der Waals surface area contributed by atoms with Gasteiger partial charge in [0.1, 0.15) is 0 Å². The summed E-state index contributed by atoms with van der Waals surface area (Å²) in [4.78, 5) is 3.56. The first-order valence-electron chi connectivity index (χ1n) is 17.0. The third-order valence-electron chi connectivity index (χ3n) is 8.39. The second-order valence-electron chi connectivity index (χ2n) is 12.0. The van der Waals surface area contributed by atoms with E-state index in [0.29, 0.717) is 0 Å². The molecule has 212 valence electrons. The fraction of sp³-hybridized carbons (Fsp3) is 0.778. The molecule has 37 heavy (non-hydrogen) atoms. The van der Waals surface area contributed by atoms with Gasteiger partial charge in [0.15, 0.2) is 0 Å². The number of fused-ring (bicyclic) bond motifs is 1. The van der Waals surface area contributed by atoms with Crippen molar-refractivity contribution >= 4 is 10.9 Å². The summed E-state index contributed by atoms with van der Waals surface area (Å²) in [7, 11) is 0. The second kappa shape index (κ2) is 23.8. The van der Waals surface area contributed by atoms with Crippen LogP contribution in [0.1, 0.15) is 180 Å². The predicted octanol–water partition coefficient (Wildman–Crippen LogP) is 12.9. The lowest BCUT2D eigenvalue weighted by Crippen LogP contribution is -1.87. The average Bonchev–Trinajstić information content (AvgIpc) is 3.33. The van der Waals surface area contributed by atoms with Crippen LogP contribution < -0.4 is 0 Å². The number of aromatic amines is 1. The summed E-state index contributed by atoms with van der Waals surface area (Å²) in [6.07, 6.45) is 39.1. The lowest BCUT2D eigenvalue weighted by atomic mass is 10.0. The van der Waals surface area contributed by atoms with E-state index >= 15 is 0 Å². The first-order chi connectivity index (χ1) is 18.4. The van der Waals surface area contributed by atoms with Crippen molar-refractivity contribution in [3.63, 3.8) is 0 Å². The van der Waals surface area contributed by atoms with Crippen LogP contribution >= 0.6 is 0 Å². The molecule has 1 N–H and O–H groups in total. The number of H-pyrrole nitrogens is 1. The van der Waals surface area contributed by atoms with Crippen molar-refractivity contribution in [2.75, 3.05) is 0 Å². The zero-order valence-corrected chi connectivity index (χ0v) is 25.0. The number of aryl methyl sites for hydroxylation is 1. The van der Waals surface area contributed by atoms with Crippen molar-refractivity contribution in [1.29, 1.82) is 0 Å². The van der Waals surface area contributed by atoms with Crippen LogP contribution in [0.25, 0.3) is 10.9 Å². The van der Waals surface area contributed by atoms with Gasteiger partial charge in [-0.2, -0.15) is 0 Å². The zero-order valence-electron chi connectivity index (χ0n) is 25.0. The van der Waals surface area contributed by atoms with E-state index < -0.39 is 0 Å². The summed E-state index contributed by atoms with van der Waals surface area (Å²) in [5.41, 5.74) is 2.69. The zero-order chi connectivity index (χ0) is 26.1. The fourth-order valence-electron chi connectivity index (χ4n) is 5.90. The van der Waals surface area contributed by atoms with E-state index in [-0.39, 0.29) is 0 Å². The van der Waals surface area contributed by atoms with Crippen molar-refractivity contribution in [3.8, 4) is 0 Å². The van der Waals surface area contributed by atoms with Crippen molar-refractivity contribution < 1.29 is 0 Å². The van der Waals surface area contributed by atoms with Gasteiger partial charge >= 0.3 is 0 Å². The molecule has 2 rings (SSSR count). The van der Waals surface area contributed by atoms with E-state index in [4.69, 9.17) is 0 Å². The van der Waals surface area contributed by atoms with Crippen molar-refractivity contribution in [3.05, 3.63) is 36.0 Å². The Morgan fingerprint density at radius 3 is 1.16 bits per heavy atom. The molecule has 1 heterocycles. The lowest BCUT2D eigenvalue weighted by Gasteiger charge is -2.04. The van der Waals surface area contributed by atoms with Gasteiger partial charge in [-0.3, -0.25) is 0 Å². The predicted molar refractivity (Wildman–Crippen MR) is 168 cm³/mol. The van der Waals surface area contributed by atoms with Gasteiger partial charge in [0.25, 0.3) is 0 Å². The van der Waals surface area contributed by atoms with Crippen LogP contribution in [0.2, 0.25) is 0 Å². The summed E-state index contributed by atoms with van der Waals surface area (Å²) in [6, 6.07) is 11.0. The molecule has 0 aliphatic carbocycles. The van der Waals surface area contributed by atoms with E-state index in [1.807, 2.05) is 0 Å². The minimum Gasteiger partial charge on any atom is -0.358 e. The molecule has 0 fully saturated rings. The molecule has 0 spiro atoms. The van der Waals surface area contributed by atoms with E-state index in [1.54, 1.807) is 0 Å². The third-order valence-corrected chi connectivity index (χ3v) is 8.39. The molecule has 2 aromatic rings. The molecule has 1 nitrogen and oxygen atoms in total. The Bertz CT molecular complexity index is 696. The van der Waals surface area contributed by atoms with E-state index in [0.717, 1.165) is 0 Å².